The van der Waals surface area contributed by atoms with Crippen molar-refractivity contribution in [3.8, 4) is 5.75 Å². The molecular weight excluding hydrogens is 525 g/mol. The number of halogens is 2. The molecule has 3 aromatic rings. The van der Waals surface area contributed by atoms with E-state index >= 15 is 0 Å². The molecule has 3 amide bonds. The van der Waals surface area contributed by atoms with Gasteiger partial charge >= 0.3 is 6.03 Å². The van der Waals surface area contributed by atoms with Crippen molar-refractivity contribution >= 4 is 52.2 Å². The molecule has 3 aromatic carbocycles. The second-order valence-electron chi connectivity index (χ2n) is 9.32. The summed E-state index contributed by atoms with van der Waals surface area (Å²) < 4.78 is 0. The minimum atomic E-state index is -0.302. The van der Waals surface area contributed by atoms with Crippen molar-refractivity contribution in [2.24, 2.45) is 0 Å². The largest absolute Gasteiger partial charge is 0.508 e. The Morgan fingerprint density at radius 2 is 1.55 bits per heavy atom. The van der Waals surface area contributed by atoms with Gasteiger partial charge in [0.05, 0.1) is 22.3 Å². The first-order valence-corrected chi connectivity index (χ1v) is 13.1. The quantitative estimate of drug-likeness (QED) is 0.293. The number of aromatic hydroxyl groups is 1. The van der Waals surface area contributed by atoms with Crippen LogP contribution in [0.15, 0.2) is 54.6 Å². The van der Waals surface area contributed by atoms with Crippen LogP contribution in [0, 0.1) is 13.8 Å². The predicted molar refractivity (Wildman–Crippen MR) is 154 cm³/mol. The van der Waals surface area contributed by atoms with Crippen molar-refractivity contribution in [1.29, 1.82) is 0 Å². The van der Waals surface area contributed by atoms with Crippen LogP contribution >= 0.6 is 23.2 Å². The summed E-state index contributed by atoms with van der Waals surface area (Å²) in [6, 6.07) is 16.3. The monoisotopic (exact) mass is 555 g/mol. The Hall–Kier alpha value is -3.46. The van der Waals surface area contributed by atoms with E-state index in [1.54, 1.807) is 4.90 Å². The average molecular weight is 556 g/mol. The number of benzene rings is 3. The zero-order chi connectivity index (χ0) is 27.2. The highest BCUT2D eigenvalue weighted by molar-refractivity contribution is 6.40. The van der Waals surface area contributed by atoms with Crippen molar-refractivity contribution in [2.75, 3.05) is 48.3 Å². The summed E-state index contributed by atoms with van der Waals surface area (Å²) in [6.07, 6.45) is 0. The first-order valence-electron chi connectivity index (χ1n) is 12.4. The number of urea groups is 1. The third-order valence-corrected chi connectivity index (χ3v) is 7.04. The Balaban J connectivity index is 1.22. The number of aryl methyl sites for hydroxylation is 2. The van der Waals surface area contributed by atoms with Crippen LogP contribution < -0.4 is 20.9 Å². The van der Waals surface area contributed by atoms with Gasteiger partial charge in [-0.2, -0.15) is 0 Å². The van der Waals surface area contributed by atoms with Gasteiger partial charge in [-0.1, -0.05) is 47.0 Å². The van der Waals surface area contributed by atoms with E-state index in [0.29, 0.717) is 32.7 Å². The van der Waals surface area contributed by atoms with E-state index in [2.05, 4.69) is 52.9 Å². The summed E-state index contributed by atoms with van der Waals surface area (Å²) in [5, 5.41) is 18.8. The Bertz CT molecular complexity index is 1290. The van der Waals surface area contributed by atoms with Crippen molar-refractivity contribution in [1.82, 2.24) is 10.2 Å². The molecular formula is C28H31Cl2N5O3. The van der Waals surface area contributed by atoms with Crippen LogP contribution in [0.5, 0.6) is 5.75 Å². The van der Waals surface area contributed by atoms with Gasteiger partial charge in [-0.05, 0) is 49.2 Å². The molecule has 1 heterocycles. The van der Waals surface area contributed by atoms with Crippen molar-refractivity contribution in [2.45, 2.75) is 20.4 Å². The number of nitrogens with zero attached hydrogens (tertiary/aromatic N) is 2. The number of anilines is 3. The van der Waals surface area contributed by atoms with Gasteiger partial charge in [-0.3, -0.25) is 4.79 Å². The topological polar surface area (TPSA) is 96.9 Å². The lowest BCUT2D eigenvalue weighted by Gasteiger charge is -2.36. The maximum Gasteiger partial charge on any atom is 0.322 e. The van der Waals surface area contributed by atoms with E-state index in [0.717, 1.165) is 11.4 Å². The molecule has 4 N–H and O–H groups in total. The van der Waals surface area contributed by atoms with E-state index in [1.807, 2.05) is 24.3 Å². The molecule has 8 nitrogen and oxygen atoms in total. The van der Waals surface area contributed by atoms with Crippen LogP contribution in [0.4, 0.5) is 21.9 Å². The van der Waals surface area contributed by atoms with Gasteiger partial charge in [0.1, 0.15) is 5.75 Å². The molecule has 200 valence electrons. The number of hydrogen-bond acceptors (Lipinski definition) is 5. The predicted octanol–water partition coefficient (Wildman–Crippen LogP) is 5.40. The SMILES string of the molecule is Cc1ccc(CNCC(=O)Nc2ccc(N3CCN(C(=O)Nc4c(Cl)cc(O)cc4Cl)CC3)cc2)c(C)c1. The molecule has 38 heavy (non-hydrogen) atoms. The minimum absolute atomic E-state index is 0.0675. The molecule has 0 aliphatic carbocycles. The van der Waals surface area contributed by atoms with Crippen molar-refractivity contribution in [3.63, 3.8) is 0 Å². The van der Waals surface area contributed by atoms with E-state index in [4.69, 9.17) is 23.2 Å². The average Bonchev–Trinajstić information content (AvgIpc) is 2.88. The molecule has 1 aliphatic rings. The first kappa shape index (κ1) is 27.6. The molecule has 0 aromatic heterocycles. The lowest BCUT2D eigenvalue weighted by atomic mass is 10.1. The molecule has 1 aliphatic heterocycles. The number of phenols is 1. The van der Waals surface area contributed by atoms with Crippen LogP contribution in [0.25, 0.3) is 0 Å². The molecule has 10 heteroatoms. The highest BCUT2D eigenvalue weighted by atomic mass is 35.5. The van der Waals surface area contributed by atoms with Crippen LogP contribution in [0.1, 0.15) is 16.7 Å². The van der Waals surface area contributed by atoms with E-state index in [1.165, 1.54) is 28.8 Å². The summed E-state index contributed by atoms with van der Waals surface area (Å²) in [4.78, 5) is 28.9. The number of hydrogen-bond donors (Lipinski definition) is 4. The van der Waals surface area contributed by atoms with Gasteiger partial charge in [0, 0.05) is 56.2 Å². The fourth-order valence-corrected chi connectivity index (χ4v) is 4.92. The third-order valence-electron chi connectivity index (χ3n) is 6.44. The molecule has 0 unspecified atom stereocenters. The molecule has 1 fully saturated rings. The maximum absolute atomic E-state index is 12.7. The molecule has 0 saturated carbocycles. The molecule has 4 rings (SSSR count). The highest BCUT2D eigenvalue weighted by Crippen LogP contribution is 2.34. The Morgan fingerprint density at radius 1 is 0.895 bits per heavy atom. The lowest BCUT2D eigenvalue weighted by Crippen LogP contribution is -2.50. The minimum Gasteiger partial charge on any atom is -0.508 e. The molecule has 1 saturated heterocycles. The van der Waals surface area contributed by atoms with Gasteiger partial charge in [-0.15, -0.1) is 0 Å². The number of amides is 3. The normalized spacial score (nSPS) is 13.4. The van der Waals surface area contributed by atoms with Crippen molar-refractivity contribution in [3.05, 3.63) is 81.3 Å². The maximum atomic E-state index is 12.7. The zero-order valence-corrected chi connectivity index (χ0v) is 22.9. The number of piperazine rings is 1. The van der Waals surface area contributed by atoms with E-state index in [-0.39, 0.29) is 40.0 Å². The van der Waals surface area contributed by atoms with Gasteiger partial charge in [-0.25, -0.2) is 4.79 Å². The Labute approximate surface area is 232 Å². The van der Waals surface area contributed by atoms with Crippen LogP contribution in [-0.4, -0.2) is 54.7 Å². The Morgan fingerprint density at radius 3 is 2.18 bits per heavy atom. The van der Waals surface area contributed by atoms with E-state index in [9.17, 15) is 14.7 Å². The zero-order valence-electron chi connectivity index (χ0n) is 21.4. The summed E-state index contributed by atoms with van der Waals surface area (Å²) in [6.45, 7) is 7.34. The van der Waals surface area contributed by atoms with Crippen LogP contribution in [0.3, 0.4) is 0 Å². The number of carbonyl (C=O) groups is 2. The molecule has 0 spiro atoms. The number of nitrogens with one attached hydrogen (secondary N) is 3. The summed E-state index contributed by atoms with van der Waals surface area (Å²) >= 11 is 12.2. The number of phenolic OH excluding ortho intramolecular Hbond substituents is 1. The summed E-state index contributed by atoms with van der Waals surface area (Å²) in [7, 11) is 0. The fourth-order valence-electron chi connectivity index (χ4n) is 4.35. The first-order chi connectivity index (χ1) is 18.2. The highest BCUT2D eigenvalue weighted by Gasteiger charge is 2.23. The summed E-state index contributed by atoms with van der Waals surface area (Å²) in [5.41, 5.74) is 5.63. The molecule has 0 bridgehead atoms. The van der Waals surface area contributed by atoms with Gasteiger partial charge < -0.3 is 30.9 Å². The number of rotatable bonds is 7. The second-order valence-corrected chi connectivity index (χ2v) is 10.1. The standard InChI is InChI=1S/C28H31Cl2N5O3/c1-18-3-4-20(19(2)13-18)16-31-17-26(37)32-21-5-7-22(8-6-21)34-9-11-35(12-10-34)28(38)33-27-24(29)14-23(36)15-25(27)30/h3-8,13-15,31,36H,9-12,16-17H2,1-2H3,(H,32,37)(H,33,38). The molecule has 0 atom stereocenters. The van der Waals surface area contributed by atoms with Gasteiger partial charge in [0.2, 0.25) is 5.91 Å². The molecule has 0 radical (unpaired) electrons. The van der Waals surface area contributed by atoms with Crippen LogP contribution in [-0.2, 0) is 11.3 Å². The van der Waals surface area contributed by atoms with Crippen LogP contribution in [0.2, 0.25) is 10.0 Å². The van der Waals surface area contributed by atoms with Gasteiger partial charge in [0.15, 0.2) is 0 Å². The van der Waals surface area contributed by atoms with E-state index < -0.39 is 0 Å². The lowest BCUT2D eigenvalue weighted by molar-refractivity contribution is -0.115. The summed E-state index contributed by atoms with van der Waals surface area (Å²) in [5.74, 6) is -0.168. The Kier molecular flexibility index (Phi) is 8.99. The third kappa shape index (κ3) is 7.10. The van der Waals surface area contributed by atoms with Gasteiger partial charge in [0.25, 0.3) is 0 Å². The number of carbonyl (C=O) groups excluding carboxylic acids is 2. The smallest absolute Gasteiger partial charge is 0.322 e. The van der Waals surface area contributed by atoms with Crippen molar-refractivity contribution < 1.29 is 14.7 Å². The fraction of sp³-hybridized carbons (Fsp3) is 0.286. The second kappa shape index (κ2) is 12.4.